The lowest BCUT2D eigenvalue weighted by atomic mass is 9.92. The van der Waals surface area contributed by atoms with E-state index in [-0.39, 0.29) is 12.2 Å². The Labute approximate surface area is 123 Å². The first-order chi connectivity index (χ1) is 9.19. The number of ether oxygens (including phenoxy) is 1. The van der Waals surface area contributed by atoms with Crippen LogP contribution in [0.15, 0.2) is 0 Å². The molecule has 1 unspecified atom stereocenters. The van der Waals surface area contributed by atoms with Crippen LogP contribution in [0.4, 0.5) is 4.79 Å². The first-order valence-corrected chi connectivity index (χ1v) is 9.33. The highest BCUT2D eigenvalue weighted by molar-refractivity contribution is 7.50. The fourth-order valence-electron chi connectivity index (χ4n) is 2.11. The highest BCUT2D eigenvalue weighted by Gasteiger charge is 2.29. The van der Waals surface area contributed by atoms with E-state index in [4.69, 9.17) is 14.3 Å². The molecule has 0 radical (unpaired) electrons. The Kier molecular flexibility index (Phi) is 6.70. The second-order valence-corrected chi connectivity index (χ2v) is 8.27. The second-order valence-electron chi connectivity index (χ2n) is 6.49. The number of hydrogen-bond acceptors (Lipinski definition) is 4. The maximum absolute atomic E-state index is 12.0. The zero-order chi connectivity index (χ0) is 15.3. The number of piperidine rings is 1. The molecule has 1 heterocycles. The third kappa shape index (κ3) is 6.38. The van der Waals surface area contributed by atoms with E-state index in [1.54, 1.807) is 4.90 Å². The van der Waals surface area contributed by atoms with Crippen LogP contribution in [-0.2, 0) is 14.3 Å². The molecule has 1 amide bonds. The van der Waals surface area contributed by atoms with E-state index in [2.05, 4.69) is 0 Å². The van der Waals surface area contributed by atoms with Crippen LogP contribution in [0.3, 0.4) is 0 Å². The molecule has 0 N–H and O–H groups in total. The standard InChI is InChI=1S/C14H28NO4P/c1-11(18-19-20(5)6)12-7-9-15(10-8-12)13(16)17-14(2,3)4/h11-12H,7-10H2,1-6H3. The first-order valence-electron chi connectivity index (χ1n) is 7.17. The summed E-state index contributed by atoms with van der Waals surface area (Å²) in [7, 11) is -0.496. The molecular weight excluding hydrogens is 277 g/mol. The summed E-state index contributed by atoms with van der Waals surface area (Å²) in [4.78, 5) is 19.1. The molecule has 6 heteroatoms. The molecule has 1 aliphatic heterocycles. The van der Waals surface area contributed by atoms with E-state index in [9.17, 15) is 4.79 Å². The summed E-state index contributed by atoms with van der Waals surface area (Å²) in [6.07, 6.45) is 1.71. The smallest absolute Gasteiger partial charge is 0.410 e. The van der Waals surface area contributed by atoms with Gasteiger partial charge in [0.15, 0.2) is 0 Å². The zero-order valence-electron chi connectivity index (χ0n) is 13.5. The molecule has 1 fully saturated rings. The van der Waals surface area contributed by atoms with Gasteiger partial charge in [0.1, 0.15) is 5.60 Å². The molecule has 0 aromatic heterocycles. The third-order valence-electron chi connectivity index (χ3n) is 3.20. The number of amides is 1. The van der Waals surface area contributed by atoms with Gasteiger partial charge in [-0.1, -0.05) is 0 Å². The van der Waals surface area contributed by atoms with Gasteiger partial charge in [-0.25, -0.2) is 14.4 Å². The fraction of sp³-hybridized carbons (Fsp3) is 0.929. The molecule has 1 saturated heterocycles. The maximum atomic E-state index is 12.0. The number of carbonyl (C=O) groups excluding carboxylic acids is 1. The normalized spacial score (nSPS) is 19.2. The van der Waals surface area contributed by atoms with Crippen molar-refractivity contribution in [1.29, 1.82) is 0 Å². The van der Waals surface area contributed by atoms with Crippen LogP contribution < -0.4 is 0 Å². The molecule has 0 saturated carbocycles. The summed E-state index contributed by atoms with van der Waals surface area (Å²) in [6.45, 7) is 13.2. The van der Waals surface area contributed by atoms with Gasteiger partial charge in [0.25, 0.3) is 0 Å². The largest absolute Gasteiger partial charge is 0.444 e. The van der Waals surface area contributed by atoms with Crippen molar-refractivity contribution in [3.05, 3.63) is 0 Å². The number of rotatable bonds is 4. The number of hydrogen-bond donors (Lipinski definition) is 0. The molecule has 0 spiro atoms. The topological polar surface area (TPSA) is 48.0 Å². The predicted molar refractivity (Wildman–Crippen MR) is 80.9 cm³/mol. The van der Waals surface area contributed by atoms with E-state index < -0.39 is 13.7 Å². The Hall–Kier alpha value is -0.380. The van der Waals surface area contributed by atoms with Crippen LogP contribution in [0.25, 0.3) is 0 Å². The van der Waals surface area contributed by atoms with Crippen LogP contribution in [0.2, 0.25) is 0 Å². The van der Waals surface area contributed by atoms with Gasteiger partial charge in [0.05, 0.1) is 14.3 Å². The van der Waals surface area contributed by atoms with Gasteiger partial charge in [-0.3, -0.25) is 0 Å². The monoisotopic (exact) mass is 305 g/mol. The van der Waals surface area contributed by atoms with Gasteiger partial charge in [0, 0.05) is 13.1 Å². The summed E-state index contributed by atoms with van der Waals surface area (Å²) >= 11 is 0. The van der Waals surface area contributed by atoms with Crippen molar-refractivity contribution >= 4 is 14.2 Å². The van der Waals surface area contributed by atoms with Gasteiger partial charge < -0.3 is 9.64 Å². The summed E-state index contributed by atoms with van der Waals surface area (Å²) in [6, 6.07) is 0. The lowest BCUT2D eigenvalue weighted by Crippen LogP contribution is -2.43. The second kappa shape index (κ2) is 7.58. The van der Waals surface area contributed by atoms with Crippen molar-refractivity contribution < 1.29 is 19.1 Å². The molecule has 1 aliphatic rings. The average Bonchev–Trinajstić information content (AvgIpc) is 2.34. The zero-order valence-corrected chi connectivity index (χ0v) is 14.4. The fourth-order valence-corrected chi connectivity index (χ4v) is 2.42. The molecular formula is C14H28NO4P. The van der Waals surface area contributed by atoms with Crippen LogP contribution in [0, 0.1) is 5.92 Å². The van der Waals surface area contributed by atoms with Crippen molar-refractivity contribution in [3.63, 3.8) is 0 Å². The molecule has 5 nitrogen and oxygen atoms in total. The molecule has 0 aromatic rings. The van der Waals surface area contributed by atoms with E-state index >= 15 is 0 Å². The highest BCUT2D eigenvalue weighted by atomic mass is 31.1. The van der Waals surface area contributed by atoms with Gasteiger partial charge in [-0.15, -0.1) is 0 Å². The quantitative estimate of drug-likeness (QED) is 0.452. The SMILES string of the molecule is CC(OOP(C)C)C1CCN(C(=O)OC(C)(C)C)CC1. The minimum Gasteiger partial charge on any atom is -0.444 e. The average molecular weight is 305 g/mol. The summed E-state index contributed by atoms with van der Waals surface area (Å²) in [5.41, 5.74) is -0.433. The van der Waals surface area contributed by atoms with Crippen LogP contribution in [0.1, 0.15) is 40.5 Å². The van der Waals surface area contributed by atoms with E-state index in [1.807, 2.05) is 41.0 Å². The number of nitrogens with zero attached hydrogens (tertiary/aromatic N) is 1. The van der Waals surface area contributed by atoms with Crippen LogP contribution >= 0.6 is 8.15 Å². The molecule has 20 heavy (non-hydrogen) atoms. The minimum atomic E-state index is -0.496. The van der Waals surface area contributed by atoms with Crippen molar-refractivity contribution in [1.82, 2.24) is 4.90 Å². The first kappa shape index (κ1) is 17.7. The molecule has 1 rings (SSSR count). The highest BCUT2D eigenvalue weighted by Crippen LogP contribution is 2.30. The van der Waals surface area contributed by atoms with Gasteiger partial charge in [-0.05, 0) is 59.8 Å². The third-order valence-corrected chi connectivity index (χ3v) is 3.58. The Morgan fingerprint density at radius 1 is 1.25 bits per heavy atom. The molecule has 1 atom stereocenters. The summed E-state index contributed by atoms with van der Waals surface area (Å²) in [5, 5.41) is 0. The summed E-state index contributed by atoms with van der Waals surface area (Å²) < 4.78 is 10.6. The van der Waals surface area contributed by atoms with Crippen LogP contribution in [0.5, 0.6) is 0 Å². The van der Waals surface area contributed by atoms with Crippen molar-refractivity contribution in [2.45, 2.75) is 52.2 Å². The van der Waals surface area contributed by atoms with Crippen molar-refractivity contribution in [2.75, 3.05) is 26.4 Å². The lowest BCUT2D eigenvalue weighted by molar-refractivity contribution is -0.248. The minimum absolute atomic E-state index is 0.0701. The van der Waals surface area contributed by atoms with Gasteiger partial charge in [-0.2, -0.15) is 0 Å². The number of carbonyl (C=O) groups is 1. The molecule has 118 valence electrons. The maximum Gasteiger partial charge on any atom is 0.410 e. The Bertz CT molecular complexity index is 309. The molecule has 0 bridgehead atoms. The van der Waals surface area contributed by atoms with Crippen molar-refractivity contribution in [3.8, 4) is 0 Å². The lowest BCUT2D eigenvalue weighted by Gasteiger charge is -2.35. The Morgan fingerprint density at radius 2 is 1.80 bits per heavy atom. The molecule has 0 aliphatic carbocycles. The van der Waals surface area contributed by atoms with E-state index in [1.165, 1.54) is 0 Å². The predicted octanol–water partition coefficient (Wildman–Crippen LogP) is 3.63. The number of likely N-dealkylation sites (tertiary alicyclic amines) is 1. The van der Waals surface area contributed by atoms with E-state index in [0.717, 1.165) is 25.9 Å². The Balaban J connectivity index is 2.34. The van der Waals surface area contributed by atoms with Gasteiger partial charge in [0.2, 0.25) is 0 Å². The van der Waals surface area contributed by atoms with Crippen molar-refractivity contribution in [2.24, 2.45) is 5.92 Å². The van der Waals surface area contributed by atoms with E-state index in [0.29, 0.717) is 5.92 Å². The Morgan fingerprint density at radius 3 is 2.25 bits per heavy atom. The summed E-state index contributed by atoms with van der Waals surface area (Å²) in [5.74, 6) is 0.434. The molecule has 0 aromatic carbocycles. The van der Waals surface area contributed by atoms with Crippen LogP contribution in [-0.4, -0.2) is 49.1 Å². The van der Waals surface area contributed by atoms with Gasteiger partial charge >= 0.3 is 6.09 Å².